The van der Waals surface area contributed by atoms with Crippen LogP contribution in [-0.4, -0.2) is 5.78 Å². The summed E-state index contributed by atoms with van der Waals surface area (Å²) in [5.41, 5.74) is 0.970. The highest BCUT2D eigenvalue weighted by atomic mass is 16.1. The molecule has 0 bridgehead atoms. The van der Waals surface area contributed by atoms with E-state index in [1.54, 1.807) is 0 Å². The lowest BCUT2D eigenvalue weighted by molar-refractivity contribution is -0.116. The molecule has 0 radical (unpaired) electrons. The second-order valence-corrected chi connectivity index (χ2v) is 3.40. The van der Waals surface area contributed by atoms with E-state index in [2.05, 4.69) is 13.0 Å². The molecule has 0 fully saturated rings. The summed E-state index contributed by atoms with van der Waals surface area (Å²) in [6, 6.07) is 0. The van der Waals surface area contributed by atoms with Crippen molar-refractivity contribution >= 4 is 5.78 Å². The van der Waals surface area contributed by atoms with Gasteiger partial charge in [-0.05, 0) is 31.3 Å². The molecule has 0 aromatic rings. The minimum atomic E-state index is 0.356. The quantitative estimate of drug-likeness (QED) is 0.594. The monoisotopic (exact) mass is 152 g/mol. The number of ketones is 1. The third-order valence-corrected chi connectivity index (χ3v) is 2.37. The van der Waals surface area contributed by atoms with Crippen molar-refractivity contribution < 1.29 is 4.79 Å². The van der Waals surface area contributed by atoms with Crippen LogP contribution < -0.4 is 0 Å². The Hall–Kier alpha value is -0.590. The Kier molecular flexibility index (Phi) is 2.86. The predicted molar refractivity (Wildman–Crippen MR) is 46.4 cm³/mol. The Labute approximate surface area is 68.5 Å². The first-order valence-corrected chi connectivity index (χ1v) is 4.44. The molecule has 11 heavy (non-hydrogen) atoms. The van der Waals surface area contributed by atoms with Crippen molar-refractivity contribution in [1.82, 2.24) is 0 Å². The fraction of sp³-hybridized carbons (Fsp3) is 0.700. The molecular formula is C10H16O. The van der Waals surface area contributed by atoms with E-state index < -0.39 is 0 Å². The normalized spacial score (nSPS) is 25.1. The second kappa shape index (κ2) is 3.70. The first-order valence-electron chi connectivity index (χ1n) is 4.44. The van der Waals surface area contributed by atoms with Crippen LogP contribution in [0.3, 0.4) is 0 Å². The van der Waals surface area contributed by atoms with Crippen molar-refractivity contribution in [3.05, 3.63) is 11.6 Å². The molecule has 0 saturated heterocycles. The largest absolute Gasteiger partial charge is 0.295 e. The molecule has 1 aliphatic rings. The lowest BCUT2D eigenvalue weighted by atomic mass is 9.86. The molecule has 1 aliphatic carbocycles. The molecule has 0 amide bonds. The lowest BCUT2D eigenvalue weighted by Crippen LogP contribution is -2.13. The maximum atomic E-state index is 11.2. The van der Waals surface area contributed by atoms with Crippen molar-refractivity contribution in [2.75, 3.05) is 0 Å². The van der Waals surface area contributed by atoms with Gasteiger partial charge >= 0.3 is 0 Å². The molecule has 0 spiro atoms. The maximum absolute atomic E-state index is 11.2. The van der Waals surface area contributed by atoms with Crippen LogP contribution >= 0.6 is 0 Å². The van der Waals surface area contributed by atoms with E-state index in [-0.39, 0.29) is 0 Å². The van der Waals surface area contributed by atoms with Gasteiger partial charge in [0, 0.05) is 6.42 Å². The number of rotatable bonds is 2. The molecule has 1 atom stereocenters. The fourth-order valence-corrected chi connectivity index (χ4v) is 1.59. The highest BCUT2D eigenvalue weighted by Gasteiger charge is 2.17. The van der Waals surface area contributed by atoms with Crippen LogP contribution in [0.15, 0.2) is 11.6 Å². The molecule has 0 N–H and O–H groups in total. The molecule has 62 valence electrons. The van der Waals surface area contributed by atoms with E-state index in [1.807, 2.05) is 6.92 Å². The molecular weight excluding hydrogens is 136 g/mol. The summed E-state index contributed by atoms with van der Waals surface area (Å²) < 4.78 is 0. The van der Waals surface area contributed by atoms with Crippen molar-refractivity contribution in [2.24, 2.45) is 5.92 Å². The SMILES string of the molecule is CCCC1CC=C(C)C(=O)C1. The topological polar surface area (TPSA) is 17.1 Å². The van der Waals surface area contributed by atoms with Gasteiger partial charge in [0.25, 0.3) is 0 Å². The van der Waals surface area contributed by atoms with Crippen LogP contribution in [0, 0.1) is 5.92 Å². The number of allylic oxidation sites excluding steroid dienone is 2. The smallest absolute Gasteiger partial charge is 0.158 e. The van der Waals surface area contributed by atoms with Crippen molar-refractivity contribution in [2.45, 2.75) is 39.5 Å². The molecule has 0 heterocycles. The van der Waals surface area contributed by atoms with Crippen molar-refractivity contribution in [1.29, 1.82) is 0 Å². The van der Waals surface area contributed by atoms with Crippen LogP contribution in [0.25, 0.3) is 0 Å². The lowest BCUT2D eigenvalue weighted by Gasteiger charge is -2.18. The predicted octanol–water partition coefficient (Wildman–Crippen LogP) is 2.71. The number of carbonyl (C=O) groups is 1. The first kappa shape index (κ1) is 8.51. The van der Waals surface area contributed by atoms with Crippen LogP contribution in [0.5, 0.6) is 0 Å². The maximum Gasteiger partial charge on any atom is 0.158 e. The Morgan fingerprint density at radius 2 is 2.36 bits per heavy atom. The summed E-state index contributed by atoms with van der Waals surface area (Å²) in [7, 11) is 0. The Morgan fingerprint density at radius 3 is 2.91 bits per heavy atom. The molecule has 0 aliphatic heterocycles. The van der Waals surface area contributed by atoms with Gasteiger partial charge in [-0.2, -0.15) is 0 Å². The van der Waals surface area contributed by atoms with Crippen LogP contribution in [-0.2, 0) is 4.79 Å². The van der Waals surface area contributed by atoms with Gasteiger partial charge < -0.3 is 0 Å². The first-order chi connectivity index (χ1) is 5.24. The summed E-state index contributed by atoms with van der Waals surface area (Å²) in [4.78, 5) is 11.2. The van der Waals surface area contributed by atoms with Gasteiger partial charge in [0.15, 0.2) is 5.78 Å². The van der Waals surface area contributed by atoms with Gasteiger partial charge in [-0.25, -0.2) is 0 Å². The van der Waals surface area contributed by atoms with Gasteiger partial charge in [-0.3, -0.25) is 4.79 Å². The van der Waals surface area contributed by atoms with E-state index in [9.17, 15) is 4.79 Å². The summed E-state index contributed by atoms with van der Waals surface area (Å²) in [6.45, 7) is 4.10. The van der Waals surface area contributed by atoms with E-state index in [0.29, 0.717) is 11.7 Å². The fourth-order valence-electron chi connectivity index (χ4n) is 1.59. The van der Waals surface area contributed by atoms with E-state index >= 15 is 0 Å². The number of carbonyl (C=O) groups excluding carboxylic acids is 1. The van der Waals surface area contributed by atoms with Crippen LogP contribution in [0.4, 0.5) is 0 Å². The molecule has 1 unspecified atom stereocenters. The third kappa shape index (κ3) is 2.18. The number of hydrogen-bond acceptors (Lipinski definition) is 1. The van der Waals surface area contributed by atoms with Gasteiger partial charge in [-0.1, -0.05) is 19.4 Å². The number of Topliss-reactive ketones (excluding diaryl/α,β-unsaturated/α-hetero) is 1. The summed E-state index contributed by atoms with van der Waals surface area (Å²) >= 11 is 0. The summed E-state index contributed by atoms with van der Waals surface area (Å²) in [5.74, 6) is 0.992. The van der Waals surface area contributed by atoms with Gasteiger partial charge in [-0.15, -0.1) is 0 Å². The Balaban J connectivity index is 2.48. The zero-order chi connectivity index (χ0) is 8.27. The zero-order valence-corrected chi connectivity index (χ0v) is 7.39. The molecule has 1 nitrogen and oxygen atoms in total. The standard InChI is InChI=1S/C10H16O/c1-3-4-9-6-5-8(2)10(11)7-9/h5,9H,3-4,6-7H2,1-2H3. The van der Waals surface area contributed by atoms with Gasteiger partial charge in [0.05, 0.1) is 0 Å². The molecule has 0 saturated carbocycles. The average Bonchev–Trinajstić information content (AvgIpc) is 1.98. The summed E-state index contributed by atoms with van der Waals surface area (Å²) in [6.07, 6.45) is 6.40. The minimum absolute atomic E-state index is 0.356. The molecule has 0 aromatic carbocycles. The number of hydrogen-bond donors (Lipinski definition) is 0. The molecule has 1 heteroatoms. The van der Waals surface area contributed by atoms with E-state index in [1.165, 1.54) is 12.8 Å². The van der Waals surface area contributed by atoms with Crippen LogP contribution in [0.1, 0.15) is 39.5 Å². The Morgan fingerprint density at radius 1 is 1.64 bits per heavy atom. The van der Waals surface area contributed by atoms with E-state index in [4.69, 9.17) is 0 Å². The minimum Gasteiger partial charge on any atom is -0.295 e. The van der Waals surface area contributed by atoms with E-state index in [0.717, 1.165) is 18.4 Å². The zero-order valence-electron chi connectivity index (χ0n) is 7.39. The van der Waals surface area contributed by atoms with Gasteiger partial charge in [0.2, 0.25) is 0 Å². The highest BCUT2D eigenvalue weighted by Crippen LogP contribution is 2.23. The second-order valence-electron chi connectivity index (χ2n) is 3.40. The van der Waals surface area contributed by atoms with Crippen LogP contribution in [0.2, 0.25) is 0 Å². The highest BCUT2D eigenvalue weighted by molar-refractivity contribution is 5.95. The van der Waals surface area contributed by atoms with Crippen molar-refractivity contribution in [3.8, 4) is 0 Å². The summed E-state index contributed by atoms with van der Waals surface area (Å²) in [5, 5.41) is 0. The van der Waals surface area contributed by atoms with Crippen molar-refractivity contribution in [3.63, 3.8) is 0 Å². The third-order valence-electron chi connectivity index (χ3n) is 2.37. The molecule has 0 aromatic heterocycles. The molecule has 1 rings (SSSR count). The Bertz CT molecular complexity index is 179. The van der Waals surface area contributed by atoms with Gasteiger partial charge in [0.1, 0.15) is 0 Å². The average molecular weight is 152 g/mol.